The summed E-state index contributed by atoms with van der Waals surface area (Å²) in [5, 5.41) is 5.43. The van der Waals surface area contributed by atoms with E-state index in [4.69, 9.17) is 18.9 Å². The van der Waals surface area contributed by atoms with E-state index in [1.54, 1.807) is 12.1 Å². The fraction of sp³-hybridized carbons (Fsp3) is 0.333. The Balaban J connectivity index is 1.83. The molecule has 2 aromatic rings. The first-order valence-electron chi connectivity index (χ1n) is 9.49. The van der Waals surface area contributed by atoms with E-state index in [9.17, 15) is 9.59 Å². The summed E-state index contributed by atoms with van der Waals surface area (Å²) in [7, 11) is 0. The SMILES string of the molecule is O=C1COc2ccc(Br)c(c2OCc2ccccc2)OCC(=O)NCCOCCN1. The summed E-state index contributed by atoms with van der Waals surface area (Å²) >= 11 is 3.43. The monoisotopic (exact) mass is 478 g/mol. The molecule has 9 heteroatoms. The highest BCUT2D eigenvalue weighted by molar-refractivity contribution is 9.10. The molecule has 0 unspecified atom stereocenters. The molecule has 1 aliphatic rings. The molecule has 2 N–H and O–H groups in total. The van der Waals surface area contributed by atoms with Crippen molar-refractivity contribution in [3.05, 3.63) is 52.5 Å². The Bertz CT molecular complexity index is 862. The molecule has 3 rings (SSSR count). The molecule has 160 valence electrons. The van der Waals surface area contributed by atoms with Crippen molar-refractivity contribution in [1.82, 2.24) is 10.6 Å². The third-order valence-electron chi connectivity index (χ3n) is 4.10. The maximum atomic E-state index is 12.1. The summed E-state index contributed by atoms with van der Waals surface area (Å²) in [5.74, 6) is 0.402. The first-order valence-corrected chi connectivity index (χ1v) is 10.3. The Morgan fingerprint density at radius 2 is 1.57 bits per heavy atom. The normalized spacial score (nSPS) is 15.9. The lowest BCUT2D eigenvalue weighted by atomic mass is 10.2. The average molecular weight is 479 g/mol. The molecule has 2 amide bonds. The van der Waals surface area contributed by atoms with Crippen LogP contribution in [0.5, 0.6) is 17.2 Å². The molecule has 2 aromatic carbocycles. The summed E-state index contributed by atoms with van der Waals surface area (Å²) < 4.78 is 23.3. The van der Waals surface area contributed by atoms with E-state index < -0.39 is 0 Å². The first kappa shape index (κ1) is 21.9. The van der Waals surface area contributed by atoms with Gasteiger partial charge in [-0.05, 0) is 33.6 Å². The van der Waals surface area contributed by atoms with Crippen molar-refractivity contribution < 1.29 is 28.5 Å². The summed E-state index contributed by atoms with van der Waals surface area (Å²) in [6.07, 6.45) is 0. The van der Waals surface area contributed by atoms with E-state index in [-0.39, 0.29) is 31.6 Å². The highest BCUT2D eigenvalue weighted by Gasteiger charge is 2.19. The number of halogens is 1. The van der Waals surface area contributed by atoms with E-state index in [0.29, 0.717) is 48.0 Å². The van der Waals surface area contributed by atoms with E-state index in [2.05, 4.69) is 26.6 Å². The number of carbonyl (C=O) groups is 2. The molecule has 0 aliphatic carbocycles. The molecule has 0 atom stereocenters. The van der Waals surface area contributed by atoms with Gasteiger partial charge in [0.2, 0.25) is 5.75 Å². The lowest BCUT2D eigenvalue weighted by Crippen LogP contribution is -2.34. The molecule has 0 saturated carbocycles. The maximum absolute atomic E-state index is 12.1. The van der Waals surface area contributed by atoms with Crippen LogP contribution < -0.4 is 24.8 Å². The zero-order valence-electron chi connectivity index (χ0n) is 16.3. The molecule has 0 fully saturated rings. The molecule has 0 spiro atoms. The molecule has 1 aliphatic heterocycles. The van der Waals surface area contributed by atoms with Crippen molar-refractivity contribution in [2.75, 3.05) is 39.5 Å². The quantitative estimate of drug-likeness (QED) is 0.700. The van der Waals surface area contributed by atoms with Gasteiger partial charge in [-0.1, -0.05) is 30.3 Å². The van der Waals surface area contributed by atoms with Crippen molar-refractivity contribution in [1.29, 1.82) is 0 Å². The summed E-state index contributed by atoms with van der Waals surface area (Å²) in [6, 6.07) is 13.0. The van der Waals surface area contributed by atoms with Crippen LogP contribution in [0.4, 0.5) is 0 Å². The second-order valence-electron chi connectivity index (χ2n) is 6.37. The van der Waals surface area contributed by atoms with Crippen molar-refractivity contribution in [2.24, 2.45) is 0 Å². The van der Waals surface area contributed by atoms with Crippen LogP contribution in [-0.2, 0) is 20.9 Å². The van der Waals surface area contributed by atoms with E-state index in [1.807, 2.05) is 30.3 Å². The van der Waals surface area contributed by atoms with Gasteiger partial charge in [0.15, 0.2) is 24.7 Å². The fourth-order valence-corrected chi connectivity index (χ4v) is 3.07. The molecule has 30 heavy (non-hydrogen) atoms. The Labute approximate surface area is 183 Å². The van der Waals surface area contributed by atoms with Crippen LogP contribution >= 0.6 is 15.9 Å². The van der Waals surface area contributed by atoms with Crippen molar-refractivity contribution >= 4 is 27.7 Å². The minimum Gasteiger partial charge on any atom is -0.482 e. The van der Waals surface area contributed by atoms with Gasteiger partial charge in [-0.25, -0.2) is 0 Å². The number of hydrogen-bond donors (Lipinski definition) is 2. The van der Waals surface area contributed by atoms with Gasteiger partial charge in [-0.2, -0.15) is 0 Å². The molecule has 0 radical (unpaired) electrons. The smallest absolute Gasteiger partial charge is 0.258 e. The van der Waals surface area contributed by atoms with Crippen molar-refractivity contribution in [3.63, 3.8) is 0 Å². The largest absolute Gasteiger partial charge is 0.482 e. The predicted octanol–water partition coefficient (Wildman–Crippen LogP) is 2.05. The van der Waals surface area contributed by atoms with Crippen LogP contribution in [0.2, 0.25) is 0 Å². The minimum atomic E-state index is -0.286. The Morgan fingerprint density at radius 1 is 0.900 bits per heavy atom. The van der Waals surface area contributed by atoms with E-state index in [0.717, 1.165) is 5.56 Å². The lowest BCUT2D eigenvalue weighted by Gasteiger charge is -2.18. The second-order valence-corrected chi connectivity index (χ2v) is 7.22. The molecular formula is C21H23BrN2O6. The van der Waals surface area contributed by atoms with Crippen LogP contribution in [0.1, 0.15) is 5.56 Å². The Kier molecular flexibility index (Phi) is 8.34. The van der Waals surface area contributed by atoms with E-state index >= 15 is 0 Å². The predicted molar refractivity (Wildman–Crippen MR) is 113 cm³/mol. The highest BCUT2D eigenvalue weighted by atomic mass is 79.9. The number of hydrogen-bond acceptors (Lipinski definition) is 6. The highest BCUT2D eigenvalue weighted by Crippen LogP contribution is 2.43. The van der Waals surface area contributed by atoms with Gasteiger partial charge in [0.05, 0.1) is 17.7 Å². The van der Waals surface area contributed by atoms with Gasteiger partial charge in [0.25, 0.3) is 11.8 Å². The fourth-order valence-electron chi connectivity index (χ4n) is 2.65. The van der Waals surface area contributed by atoms with Crippen LogP contribution in [0, 0.1) is 0 Å². The van der Waals surface area contributed by atoms with Crippen LogP contribution in [-0.4, -0.2) is 51.3 Å². The van der Waals surface area contributed by atoms with Gasteiger partial charge < -0.3 is 29.6 Å². The molecule has 0 aromatic heterocycles. The van der Waals surface area contributed by atoms with Gasteiger partial charge in [-0.3, -0.25) is 9.59 Å². The number of nitrogens with one attached hydrogen (secondary N) is 2. The van der Waals surface area contributed by atoms with Gasteiger partial charge in [0, 0.05) is 13.1 Å². The molecule has 2 bridgehead atoms. The summed E-state index contributed by atoms with van der Waals surface area (Å²) in [6.45, 7) is 1.24. The minimum absolute atomic E-state index is 0.191. The van der Waals surface area contributed by atoms with Gasteiger partial charge >= 0.3 is 0 Å². The Hall–Kier alpha value is -2.78. The topological polar surface area (TPSA) is 95.1 Å². The lowest BCUT2D eigenvalue weighted by molar-refractivity contribution is -0.123. The number of benzene rings is 2. The molecule has 8 nitrogen and oxygen atoms in total. The number of carbonyl (C=O) groups excluding carboxylic acids is 2. The second kappa shape index (κ2) is 11.4. The number of ether oxygens (including phenoxy) is 4. The number of amides is 2. The number of fused-ring (bicyclic) bond motifs is 2. The molecule has 0 saturated heterocycles. The van der Waals surface area contributed by atoms with Crippen LogP contribution in [0.25, 0.3) is 0 Å². The standard InChI is InChI=1S/C21H23BrN2O6/c22-16-6-7-17-21(29-12-15-4-2-1-3-5-15)20(16)30-14-19(26)24-9-11-27-10-8-23-18(25)13-28-17/h1-7H,8-14H2,(H,23,25)(H,24,26). The van der Waals surface area contributed by atoms with Crippen molar-refractivity contribution in [3.8, 4) is 17.2 Å². The van der Waals surface area contributed by atoms with Crippen LogP contribution in [0.15, 0.2) is 46.9 Å². The van der Waals surface area contributed by atoms with E-state index in [1.165, 1.54) is 0 Å². The third-order valence-corrected chi connectivity index (χ3v) is 4.72. The molecular weight excluding hydrogens is 456 g/mol. The molecule has 1 heterocycles. The zero-order valence-corrected chi connectivity index (χ0v) is 17.9. The summed E-state index contributed by atoms with van der Waals surface area (Å²) in [4.78, 5) is 24.1. The average Bonchev–Trinajstić information content (AvgIpc) is 2.75. The maximum Gasteiger partial charge on any atom is 0.258 e. The third kappa shape index (κ3) is 6.64. The first-order chi connectivity index (χ1) is 14.6. The Morgan fingerprint density at radius 3 is 2.27 bits per heavy atom. The summed E-state index contributed by atoms with van der Waals surface area (Å²) in [5.41, 5.74) is 0.951. The number of rotatable bonds is 3. The van der Waals surface area contributed by atoms with Crippen LogP contribution in [0.3, 0.4) is 0 Å². The zero-order chi connectivity index (χ0) is 21.2. The van der Waals surface area contributed by atoms with Crippen molar-refractivity contribution in [2.45, 2.75) is 6.61 Å². The van der Waals surface area contributed by atoms with Gasteiger partial charge in [-0.15, -0.1) is 0 Å². The van der Waals surface area contributed by atoms with Gasteiger partial charge in [0.1, 0.15) is 6.61 Å².